The van der Waals surface area contributed by atoms with E-state index >= 15 is 0 Å². The van der Waals surface area contributed by atoms with Crippen molar-refractivity contribution in [3.8, 4) is 0 Å². The molecule has 14 heteroatoms. The fraction of sp³-hybridized carbons (Fsp3) is 0.889. The molecule has 0 aliphatic carbocycles. The van der Waals surface area contributed by atoms with Crippen LogP contribution in [0.15, 0.2) is 0 Å². The molecule has 11 nitrogen and oxygen atoms in total. The number of hydrogen-bond donors (Lipinski definition) is 4. The lowest BCUT2D eigenvalue weighted by Crippen LogP contribution is -2.48. The van der Waals surface area contributed by atoms with E-state index in [1.807, 2.05) is 9.80 Å². The Bertz CT molecular complexity index is 498. The van der Waals surface area contributed by atoms with Crippen LogP contribution in [0, 0.1) is 0 Å². The van der Waals surface area contributed by atoms with Crippen molar-refractivity contribution < 1.29 is 30.7 Å². The predicted octanol–water partition coefficient (Wildman–Crippen LogP) is -2.02. The first-order valence-electron chi connectivity index (χ1n) is 6.29. The normalized spacial score (nSPS) is 16.8. The Morgan fingerprint density at radius 1 is 0.826 bits per heavy atom. The maximum atomic E-state index is 10.6. The Morgan fingerprint density at radius 3 is 1.22 bits per heavy atom. The summed E-state index contributed by atoms with van der Waals surface area (Å²) in [6, 6.07) is -0.833. The van der Waals surface area contributed by atoms with Gasteiger partial charge in [0.05, 0.1) is 11.5 Å². The maximum Gasteiger partial charge on any atom is 0.309 e. The second kappa shape index (κ2) is 11.1. The van der Waals surface area contributed by atoms with Crippen molar-refractivity contribution in [2.75, 3.05) is 50.8 Å². The predicted molar refractivity (Wildman–Crippen MR) is 89.8 cm³/mol. The fourth-order valence-electron chi connectivity index (χ4n) is 1.73. The van der Waals surface area contributed by atoms with Crippen molar-refractivity contribution in [3.63, 3.8) is 0 Å². The van der Waals surface area contributed by atoms with Gasteiger partial charge in [-0.2, -0.15) is 16.8 Å². The molecule has 1 heterocycles. The van der Waals surface area contributed by atoms with Gasteiger partial charge in [-0.25, -0.2) is 4.79 Å². The third-order valence-electron chi connectivity index (χ3n) is 2.80. The highest BCUT2D eigenvalue weighted by molar-refractivity contribution is 8.93. The Kier molecular flexibility index (Phi) is 12.0. The summed E-state index contributed by atoms with van der Waals surface area (Å²) < 4.78 is 59.5. The van der Waals surface area contributed by atoms with E-state index in [4.69, 9.17) is 13.9 Å². The lowest BCUT2D eigenvalue weighted by molar-refractivity contribution is 0.143. The van der Waals surface area contributed by atoms with Gasteiger partial charge < -0.3 is 11.5 Å². The highest BCUT2D eigenvalue weighted by Gasteiger charge is 2.19. The van der Waals surface area contributed by atoms with E-state index in [-0.39, 0.29) is 41.6 Å². The van der Waals surface area contributed by atoms with E-state index in [0.29, 0.717) is 26.2 Å². The first-order valence-corrected chi connectivity index (χ1v) is 9.51. The minimum atomic E-state index is -3.93. The summed E-state index contributed by atoms with van der Waals surface area (Å²) in [5.74, 6) is -0.587. The summed E-state index contributed by atoms with van der Waals surface area (Å²) in [6.07, 6.45) is 0. The molecule has 1 rings (SSSR count). The van der Waals surface area contributed by atoms with Crippen LogP contribution in [0.2, 0.25) is 0 Å². The first-order chi connectivity index (χ1) is 9.89. The number of rotatable bonds is 6. The second-order valence-corrected chi connectivity index (χ2v) is 7.80. The number of primary amides is 2. The molecule has 0 radical (unpaired) electrons. The van der Waals surface area contributed by atoms with Gasteiger partial charge in [-0.1, -0.05) is 0 Å². The second-order valence-electron chi connectivity index (χ2n) is 4.66. The van der Waals surface area contributed by atoms with Gasteiger partial charge in [0.15, 0.2) is 0 Å². The summed E-state index contributed by atoms with van der Waals surface area (Å²) >= 11 is 0. The maximum absolute atomic E-state index is 10.6. The molecule has 0 saturated carbocycles. The van der Waals surface area contributed by atoms with Crippen LogP contribution in [-0.2, 0) is 20.2 Å². The number of amides is 2. The van der Waals surface area contributed by atoms with Crippen molar-refractivity contribution in [1.82, 2.24) is 9.80 Å². The standard InChI is InChI=1S/C8H18N2O6S2.CH4N2O.BrH/c11-17(12,13)7-5-9-1-2-10(4-3-9)6-8-18(14,15)16;2-1(3)4;/h1-8H2,(H,11,12,13)(H,14,15,16);(H4,2,3,4);1H. The van der Waals surface area contributed by atoms with Crippen molar-refractivity contribution in [2.45, 2.75) is 0 Å². The molecule has 0 aromatic carbocycles. The molecular formula is C9H23BrN4O7S2. The summed E-state index contributed by atoms with van der Waals surface area (Å²) in [6.45, 7) is 2.99. The van der Waals surface area contributed by atoms with Gasteiger partial charge in [0.25, 0.3) is 20.2 Å². The molecule has 2 amide bonds. The first kappa shape index (κ1) is 24.7. The van der Waals surface area contributed by atoms with Crippen molar-refractivity contribution in [3.05, 3.63) is 0 Å². The van der Waals surface area contributed by atoms with Gasteiger partial charge in [-0.15, -0.1) is 17.0 Å². The van der Waals surface area contributed by atoms with Crippen LogP contribution in [0.1, 0.15) is 0 Å². The van der Waals surface area contributed by atoms with Crippen LogP contribution in [0.5, 0.6) is 0 Å². The van der Waals surface area contributed by atoms with Crippen LogP contribution in [0.25, 0.3) is 0 Å². The SMILES string of the molecule is Br.NC(N)=O.O=S(=O)(O)CCN1CCN(CCS(=O)(=O)O)CC1. The number of hydrogen-bond acceptors (Lipinski definition) is 7. The molecule has 0 aromatic heterocycles. The van der Waals surface area contributed by atoms with Gasteiger partial charge in [0.2, 0.25) is 0 Å². The third-order valence-corrected chi connectivity index (χ3v) is 4.19. The highest BCUT2D eigenvalue weighted by atomic mass is 79.9. The average Bonchev–Trinajstić information content (AvgIpc) is 2.32. The lowest BCUT2D eigenvalue weighted by atomic mass is 10.3. The fourth-order valence-corrected chi connectivity index (χ4v) is 2.70. The highest BCUT2D eigenvalue weighted by Crippen LogP contribution is 2.02. The molecule has 0 spiro atoms. The Labute approximate surface area is 146 Å². The van der Waals surface area contributed by atoms with E-state index in [1.54, 1.807) is 0 Å². The largest absolute Gasteiger partial charge is 0.352 e. The van der Waals surface area contributed by atoms with Crippen LogP contribution < -0.4 is 11.5 Å². The van der Waals surface area contributed by atoms with Gasteiger partial charge in [-0.05, 0) is 0 Å². The molecule has 1 saturated heterocycles. The van der Waals surface area contributed by atoms with Gasteiger partial charge in [-0.3, -0.25) is 18.9 Å². The van der Waals surface area contributed by atoms with Crippen molar-refractivity contribution in [2.24, 2.45) is 11.5 Å². The van der Waals surface area contributed by atoms with E-state index in [9.17, 15) is 16.8 Å². The van der Waals surface area contributed by atoms with Gasteiger partial charge in [0, 0.05) is 39.3 Å². The molecular weight excluding hydrogens is 420 g/mol. The van der Waals surface area contributed by atoms with Gasteiger partial charge in [0.1, 0.15) is 0 Å². The number of carbonyl (C=O) groups is 1. The van der Waals surface area contributed by atoms with Crippen LogP contribution in [0.4, 0.5) is 4.79 Å². The number of nitrogens with two attached hydrogens (primary N) is 2. The zero-order chi connectivity index (χ0) is 17.4. The molecule has 0 unspecified atom stereocenters. The molecule has 6 N–H and O–H groups in total. The van der Waals surface area contributed by atoms with Crippen LogP contribution >= 0.6 is 17.0 Å². The lowest BCUT2D eigenvalue weighted by Gasteiger charge is -2.34. The number of carbonyl (C=O) groups excluding carboxylic acids is 1. The zero-order valence-electron chi connectivity index (χ0n) is 12.4. The molecule has 1 aliphatic heterocycles. The average molecular weight is 443 g/mol. The minimum Gasteiger partial charge on any atom is -0.352 e. The number of urea groups is 1. The molecule has 0 aromatic rings. The Balaban J connectivity index is 0. The molecule has 1 aliphatic rings. The van der Waals surface area contributed by atoms with E-state index in [2.05, 4.69) is 11.5 Å². The monoisotopic (exact) mass is 442 g/mol. The smallest absolute Gasteiger partial charge is 0.309 e. The summed E-state index contributed by atoms with van der Waals surface area (Å²) in [5, 5.41) is 0. The topological polar surface area (TPSA) is 184 Å². The quantitative estimate of drug-likeness (QED) is 0.337. The number of nitrogens with zero attached hydrogens (tertiary/aromatic N) is 2. The Morgan fingerprint density at radius 2 is 1.04 bits per heavy atom. The molecule has 1 fully saturated rings. The Hall–Kier alpha value is -0.510. The zero-order valence-corrected chi connectivity index (χ0v) is 15.7. The number of piperazine rings is 1. The number of halogens is 1. The molecule has 23 heavy (non-hydrogen) atoms. The van der Waals surface area contributed by atoms with Crippen molar-refractivity contribution in [1.29, 1.82) is 0 Å². The molecule has 0 atom stereocenters. The molecule has 0 bridgehead atoms. The summed E-state index contributed by atoms with van der Waals surface area (Å²) in [5.41, 5.74) is 8.50. The van der Waals surface area contributed by atoms with Crippen molar-refractivity contribution >= 4 is 43.2 Å². The van der Waals surface area contributed by atoms with E-state index in [1.165, 1.54) is 0 Å². The minimum absolute atomic E-state index is 0. The molecule has 140 valence electrons. The van der Waals surface area contributed by atoms with Crippen LogP contribution in [0.3, 0.4) is 0 Å². The third kappa shape index (κ3) is 17.7. The van der Waals surface area contributed by atoms with E-state index < -0.39 is 26.3 Å². The van der Waals surface area contributed by atoms with Crippen LogP contribution in [-0.4, -0.2) is 92.5 Å². The van der Waals surface area contributed by atoms with E-state index in [0.717, 1.165) is 0 Å². The summed E-state index contributed by atoms with van der Waals surface area (Å²) in [4.78, 5) is 12.8. The summed E-state index contributed by atoms with van der Waals surface area (Å²) in [7, 11) is -7.87. The van der Waals surface area contributed by atoms with Gasteiger partial charge >= 0.3 is 6.03 Å².